The fourth-order valence-corrected chi connectivity index (χ4v) is 2.62. The molecule has 0 aliphatic heterocycles. The third-order valence-corrected chi connectivity index (χ3v) is 4.12. The van der Waals surface area contributed by atoms with Crippen molar-refractivity contribution < 1.29 is 9.15 Å². The van der Waals surface area contributed by atoms with Crippen molar-refractivity contribution in [3.63, 3.8) is 0 Å². The number of nitrogens with one attached hydrogen (secondary N) is 1. The van der Waals surface area contributed by atoms with Crippen LogP contribution in [-0.4, -0.2) is 19.3 Å². The molecular weight excluding hydrogens is 270 g/mol. The molecule has 90 valence electrons. The number of hydrogen-bond acceptors (Lipinski definition) is 3. The lowest BCUT2D eigenvalue weighted by Gasteiger charge is -2.41. The second-order valence-corrected chi connectivity index (χ2v) is 5.33. The Morgan fingerprint density at radius 2 is 2.38 bits per heavy atom. The smallest absolute Gasteiger partial charge is 0.134 e. The largest absolute Gasteiger partial charge is 0.466 e. The molecule has 0 spiro atoms. The molecule has 1 fully saturated rings. The highest BCUT2D eigenvalue weighted by Crippen LogP contribution is 2.35. The molecule has 1 aliphatic carbocycles. The third-order valence-electron chi connectivity index (χ3n) is 3.47. The van der Waals surface area contributed by atoms with Gasteiger partial charge in [0, 0.05) is 13.7 Å². The monoisotopic (exact) mass is 287 g/mol. The van der Waals surface area contributed by atoms with Crippen LogP contribution in [0.25, 0.3) is 0 Å². The SMILES string of the molecule is COC1(CNC(C)c2occc2Br)CCC1. The lowest BCUT2D eigenvalue weighted by atomic mass is 9.80. The summed E-state index contributed by atoms with van der Waals surface area (Å²) in [5, 5.41) is 3.47. The molecule has 1 N–H and O–H groups in total. The van der Waals surface area contributed by atoms with Crippen molar-refractivity contribution in [2.45, 2.75) is 37.8 Å². The molecule has 1 heterocycles. The van der Waals surface area contributed by atoms with Crippen LogP contribution in [0.3, 0.4) is 0 Å². The minimum atomic E-state index is 0.0628. The maximum Gasteiger partial charge on any atom is 0.134 e. The molecule has 16 heavy (non-hydrogen) atoms. The van der Waals surface area contributed by atoms with E-state index in [0.717, 1.165) is 29.6 Å². The highest BCUT2D eigenvalue weighted by Gasteiger charge is 2.37. The second-order valence-electron chi connectivity index (χ2n) is 4.48. The molecule has 0 saturated heterocycles. The van der Waals surface area contributed by atoms with E-state index in [2.05, 4.69) is 28.2 Å². The molecule has 4 heteroatoms. The van der Waals surface area contributed by atoms with E-state index in [1.165, 1.54) is 6.42 Å². The van der Waals surface area contributed by atoms with E-state index in [1.807, 2.05) is 6.07 Å². The first kappa shape index (κ1) is 12.1. The second kappa shape index (κ2) is 4.90. The number of furan rings is 1. The maximum absolute atomic E-state index is 5.57. The lowest BCUT2D eigenvalue weighted by molar-refractivity contribution is -0.0709. The van der Waals surface area contributed by atoms with Crippen molar-refractivity contribution in [1.29, 1.82) is 0 Å². The van der Waals surface area contributed by atoms with Crippen molar-refractivity contribution in [3.8, 4) is 0 Å². The zero-order valence-corrected chi connectivity index (χ0v) is 11.3. The Balaban J connectivity index is 1.88. The van der Waals surface area contributed by atoms with Crippen LogP contribution in [0.5, 0.6) is 0 Å². The van der Waals surface area contributed by atoms with Gasteiger partial charge in [-0.15, -0.1) is 0 Å². The molecule has 0 aromatic carbocycles. The van der Waals surface area contributed by atoms with Gasteiger partial charge in [-0.2, -0.15) is 0 Å². The first-order valence-corrected chi connectivity index (χ1v) is 6.48. The van der Waals surface area contributed by atoms with Gasteiger partial charge in [0.2, 0.25) is 0 Å². The summed E-state index contributed by atoms with van der Waals surface area (Å²) < 4.78 is 12.0. The first-order chi connectivity index (χ1) is 7.67. The van der Waals surface area contributed by atoms with E-state index in [-0.39, 0.29) is 11.6 Å². The van der Waals surface area contributed by atoms with Crippen LogP contribution >= 0.6 is 15.9 Å². The molecule has 1 atom stereocenters. The van der Waals surface area contributed by atoms with Crippen LogP contribution in [0, 0.1) is 0 Å². The normalized spacial score (nSPS) is 20.4. The zero-order chi connectivity index (χ0) is 11.6. The quantitative estimate of drug-likeness (QED) is 0.903. The number of hydrogen-bond donors (Lipinski definition) is 1. The molecule has 1 aliphatic rings. The molecule has 1 saturated carbocycles. The average molecular weight is 288 g/mol. The number of methoxy groups -OCH3 is 1. The van der Waals surface area contributed by atoms with Gasteiger partial charge in [0.15, 0.2) is 0 Å². The predicted octanol–water partition coefficient (Wildman–Crippen LogP) is 3.26. The Morgan fingerprint density at radius 1 is 1.62 bits per heavy atom. The molecule has 0 amide bonds. The van der Waals surface area contributed by atoms with Crippen LogP contribution in [0.4, 0.5) is 0 Å². The molecule has 2 rings (SSSR count). The fourth-order valence-electron chi connectivity index (χ4n) is 2.07. The Hall–Kier alpha value is -0.320. The van der Waals surface area contributed by atoms with E-state index >= 15 is 0 Å². The summed E-state index contributed by atoms with van der Waals surface area (Å²) in [4.78, 5) is 0. The van der Waals surface area contributed by atoms with Crippen molar-refractivity contribution in [2.24, 2.45) is 0 Å². The summed E-state index contributed by atoms with van der Waals surface area (Å²) in [6.45, 7) is 2.99. The van der Waals surface area contributed by atoms with E-state index < -0.39 is 0 Å². The predicted molar refractivity (Wildman–Crippen MR) is 66.4 cm³/mol. The molecular formula is C12H18BrNO2. The van der Waals surface area contributed by atoms with E-state index in [1.54, 1.807) is 13.4 Å². The van der Waals surface area contributed by atoms with Crippen LogP contribution in [-0.2, 0) is 4.74 Å². The minimum Gasteiger partial charge on any atom is -0.466 e. The topological polar surface area (TPSA) is 34.4 Å². The van der Waals surface area contributed by atoms with Crippen molar-refractivity contribution in [2.75, 3.05) is 13.7 Å². The summed E-state index contributed by atoms with van der Waals surface area (Å²) in [5.41, 5.74) is 0.0628. The van der Waals surface area contributed by atoms with Gasteiger partial charge in [-0.05, 0) is 48.2 Å². The van der Waals surface area contributed by atoms with Gasteiger partial charge >= 0.3 is 0 Å². The maximum atomic E-state index is 5.57. The van der Waals surface area contributed by atoms with E-state index in [0.29, 0.717) is 0 Å². The number of halogens is 1. The van der Waals surface area contributed by atoms with Gasteiger partial charge in [0.25, 0.3) is 0 Å². The van der Waals surface area contributed by atoms with Gasteiger partial charge in [-0.1, -0.05) is 0 Å². The Labute approximate surface area is 105 Å². The molecule has 3 nitrogen and oxygen atoms in total. The van der Waals surface area contributed by atoms with E-state index in [9.17, 15) is 0 Å². The Morgan fingerprint density at radius 3 is 2.81 bits per heavy atom. The Bertz CT molecular complexity index is 341. The van der Waals surface area contributed by atoms with Crippen molar-refractivity contribution in [3.05, 3.63) is 22.6 Å². The highest BCUT2D eigenvalue weighted by atomic mass is 79.9. The van der Waals surface area contributed by atoms with Gasteiger partial charge in [-0.25, -0.2) is 0 Å². The summed E-state index contributed by atoms with van der Waals surface area (Å²) in [7, 11) is 1.80. The average Bonchev–Trinajstić information content (AvgIpc) is 2.63. The van der Waals surface area contributed by atoms with Crippen molar-refractivity contribution >= 4 is 15.9 Å². The standard InChI is InChI=1S/C12H18BrNO2/c1-9(11-10(13)4-7-16-11)14-8-12(15-2)5-3-6-12/h4,7,9,14H,3,5-6,8H2,1-2H3. The lowest BCUT2D eigenvalue weighted by Crippen LogP contribution is -2.48. The van der Waals surface area contributed by atoms with E-state index in [4.69, 9.17) is 9.15 Å². The number of ether oxygens (including phenoxy) is 1. The summed E-state index contributed by atoms with van der Waals surface area (Å²) >= 11 is 3.47. The van der Waals surface area contributed by atoms with Gasteiger partial charge in [-0.3, -0.25) is 0 Å². The fraction of sp³-hybridized carbons (Fsp3) is 0.667. The molecule has 1 aromatic heterocycles. The minimum absolute atomic E-state index is 0.0628. The van der Waals surface area contributed by atoms with Crippen LogP contribution in [0.1, 0.15) is 38.0 Å². The Kier molecular flexibility index (Phi) is 3.72. The van der Waals surface area contributed by atoms with Gasteiger partial charge < -0.3 is 14.5 Å². The summed E-state index contributed by atoms with van der Waals surface area (Å²) in [6.07, 6.45) is 5.28. The molecule has 0 bridgehead atoms. The van der Waals surface area contributed by atoms with Gasteiger partial charge in [0.1, 0.15) is 5.76 Å². The van der Waals surface area contributed by atoms with Gasteiger partial charge in [0.05, 0.1) is 22.4 Å². The highest BCUT2D eigenvalue weighted by molar-refractivity contribution is 9.10. The van der Waals surface area contributed by atoms with Crippen molar-refractivity contribution in [1.82, 2.24) is 5.32 Å². The molecule has 1 unspecified atom stereocenters. The van der Waals surface area contributed by atoms with Crippen LogP contribution < -0.4 is 5.32 Å². The van der Waals surface area contributed by atoms with Crippen LogP contribution in [0.15, 0.2) is 21.2 Å². The number of rotatable bonds is 5. The zero-order valence-electron chi connectivity index (χ0n) is 9.75. The molecule has 0 radical (unpaired) electrons. The van der Waals surface area contributed by atoms with Crippen LogP contribution in [0.2, 0.25) is 0 Å². The summed E-state index contributed by atoms with van der Waals surface area (Å²) in [5.74, 6) is 0.950. The third kappa shape index (κ3) is 2.34. The summed E-state index contributed by atoms with van der Waals surface area (Å²) in [6, 6.07) is 2.13. The molecule has 1 aromatic rings. The first-order valence-electron chi connectivity index (χ1n) is 5.68.